The summed E-state index contributed by atoms with van der Waals surface area (Å²) in [6, 6.07) is 13.8. The number of carbonyl (C=O) groups excluding carboxylic acids is 1. The lowest BCUT2D eigenvalue weighted by molar-refractivity contribution is -0.121. The van der Waals surface area contributed by atoms with Gasteiger partial charge in [0, 0.05) is 25.0 Å². The normalized spacial score (nSPS) is 17.1. The van der Waals surface area contributed by atoms with Crippen molar-refractivity contribution in [1.29, 1.82) is 0 Å². The standard InChI is InChI=1S/C22H21F2N3O2S/c23-17-7-4-8-18(24)21(17)19-14-30-22(25-19)26-20(28)11-16-13-27(9-10-29-16)12-15-5-2-1-3-6-15/h1-8,14,16H,9-13H2,(H,25,26,28). The first-order valence-corrected chi connectivity index (χ1v) is 10.5. The number of carbonyl (C=O) groups is 1. The molecule has 8 heteroatoms. The van der Waals surface area contributed by atoms with E-state index in [0.29, 0.717) is 18.3 Å². The molecule has 30 heavy (non-hydrogen) atoms. The van der Waals surface area contributed by atoms with Crippen LogP contribution in [0, 0.1) is 11.6 Å². The minimum atomic E-state index is -0.688. The molecule has 1 aliphatic heterocycles. The molecule has 1 N–H and O–H groups in total. The third-order valence-corrected chi connectivity index (χ3v) is 5.61. The number of nitrogens with one attached hydrogen (secondary N) is 1. The lowest BCUT2D eigenvalue weighted by Gasteiger charge is -2.32. The van der Waals surface area contributed by atoms with Crippen LogP contribution < -0.4 is 5.32 Å². The van der Waals surface area contributed by atoms with Crippen LogP contribution in [0.5, 0.6) is 0 Å². The molecule has 5 nitrogen and oxygen atoms in total. The summed E-state index contributed by atoms with van der Waals surface area (Å²) in [6.07, 6.45) is -0.0280. The topological polar surface area (TPSA) is 54.5 Å². The first kappa shape index (κ1) is 20.6. The number of hydrogen-bond donors (Lipinski definition) is 1. The molecule has 0 bridgehead atoms. The first-order chi connectivity index (χ1) is 14.6. The Hall–Kier alpha value is -2.68. The van der Waals surface area contributed by atoms with Gasteiger partial charge in [-0.25, -0.2) is 13.8 Å². The molecule has 2 aromatic carbocycles. The second-order valence-corrected chi connectivity index (χ2v) is 7.96. The molecule has 3 aromatic rings. The van der Waals surface area contributed by atoms with Crippen molar-refractivity contribution in [1.82, 2.24) is 9.88 Å². The fraction of sp³-hybridized carbons (Fsp3) is 0.273. The van der Waals surface area contributed by atoms with Crippen LogP contribution in [0.3, 0.4) is 0 Å². The van der Waals surface area contributed by atoms with Crippen LogP contribution in [0.25, 0.3) is 11.3 Å². The van der Waals surface area contributed by atoms with E-state index in [-0.39, 0.29) is 29.7 Å². The second-order valence-electron chi connectivity index (χ2n) is 7.10. The lowest BCUT2D eigenvalue weighted by Crippen LogP contribution is -2.43. The molecule has 0 aliphatic carbocycles. The highest BCUT2D eigenvalue weighted by Crippen LogP contribution is 2.29. The van der Waals surface area contributed by atoms with Crippen LogP contribution in [0.15, 0.2) is 53.9 Å². The predicted octanol–water partition coefficient (Wildman–Crippen LogP) is 4.32. The number of aromatic nitrogens is 1. The minimum absolute atomic E-state index is 0.161. The molecule has 0 saturated carbocycles. The number of halogens is 2. The summed E-state index contributed by atoms with van der Waals surface area (Å²) >= 11 is 1.13. The van der Waals surface area contributed by atoms with Crippen LogP contribution in [-0.4, -0.2) is 41.6 Å². The Morgan fingerprint density at radius 2 is 1.93 bits per heavy atom. The van der Waals surface area contributed by atoms with Crippen LogP contribution >= 0.6 is 11.3 Å². The van der Waals surface area contributed by atoms with E-state index in [0.717, 1.165) is 24.4 Å². The summed E-state index contributed by atoms with van der Waals surface area (Å²) in [4.78, 5) is 18.9. The van der Waals surface area contributed by atoms with Crippen LogP contribution in [-0.2, 0) is 16.1 Å². The van der Waals surface area contributed by atoms with Crippen molar-refractivity contribution in [3.8, 4) is 11.3 Å². The summed E-state index contributed by atoms with van der Waals surface area (Å²) in [5.74, 6) is -1.61. The highest BCUT2D eigenvalue weighted by atomic mass is 32.1. The van der Waals surface area contributed by atoms with Gasteiger partial charge in [-0.2, -0.15) is 0 Å². The SMILES string of the molecule is O=C(CC1CN(Cc2ccccc2)CCO1)Nc1nc(-c2c(F)cccc2F)cs1. The van der Waals surface area contributed by atoms with Crippen molar-refractivity contribution < 1.29 is 18.3 Å². The summed E-state index contributed by atoms with van der Waals surface area (Å²) in [7, 11) is 0. The molecule has 1 saturated heterocycles. The molecular weight excluding hydrogens is 408 g/mol. The van der Waals surface area contributed by atoms with Crippen molar-refractivity contribution in [2.24, 2.45) is 0 Å². The van der Waals surface area contributed by atoms with Crippen molar-refractivity contribution >= 4 is 22.4 Å². The van der Waals surface area contributed by atoms with Crippen molar-refractivity contribution in [3.05, 3.63) is 71.1 Å². The fourth-order valence-corrected chi connectivity index (χ4v) is 4.17. The largest absolute Gasteiger partial charge is 0.375 e. The average Bonchev–Trinajstić information content (AvgIpc) is 3.16. The molecular formula is C22H21F2N3O2S. The molecule has 0 radical (unpaired) electrons. The maximum absolute atomic E-state index is 13.9. The number of anilines is 1. The Labute approximate surface area is 177 Å². The molecule has 1 aliphatic rings. The Balaban J connectivity index is 1.33. The van der Waals surface area contributed by atoms with Gasteiger partial charge in [0.2, 0.25) is 5.91 Å². The van der Waals surface area contributed by atoms with Gasteiger partial charge < -0.3 is 10.1 Å². The van der Waals surface area contributed by atoms with Crippen molar-refractivity contribution in [3.63, 3.8) is 0 Å². The van der Waals surface area contributed by atoms with Gasteiger partial charge in [-0.1, -0.05) is 36.4 Å². The summed E-state index contributed by atoms with van der Waals surface area (Å²) in [5.41, 5.74) is 1.19. The van der Waals surface area contributed by atoms with Crippen LogP contribution in [0.2, 0.25) is 0 Å². The maximum Gasteiger partial charge on any atom is 0.228 e. The summed E-state index contributed by atoms with van der Waals surface area (Å²) in [5, 5.41) is 4.53. The van der Waals surface area contributed by atoms with Crippen molar-refractivity contribution in [2.75, 3.05) is 25.0 Å². The monoisotopic (exact) mass is 429 g/mol. The second kappa shape index (κ2) is 9.42. The van der Waals surface area contributed by atoms with Crippen molar-refractivity contribution in [2.45, 2.75) is 19.1 Å². The molecule has 2 heterocycles. The Kier molecular flexibility index (Phi) is 6.47. The van der Waals surface area contributed by atoms with E-state index in [1.807, 2.05) is 18.2 Å². The fourth-order valence-electron chi connectivity index (χ4n) is 3.45. The maximum atomic E-state index is 13.9. The molecule has 1 aromatic heterocycles. The van der Waals surface area contributed by atoms with Gasteiger partial charge in [0.05, 0.1) is 30.4 Å². The number of thiazole rings is 1. The molecule has 0 spiro atoms. The predicted molar refractivity (Wildman–Crippen MR) is 112 cm³/mol. The number of benzene rings is 2. The zero-order chi connectivity index (χ0) is 20.9. The quantitative estimate of drug-likeness (QED) is 0.634. The van der Waals surface area contributed by atoms with Gasteiger partial charge in [-0.3, -0.25) is 9.69 Å². The third-order valence-electron chi connectivity index (χ3n) is 4.85. The Bertz CT molecular complexity index is 992. The lowest BCUT2D eigenvalue weighted by atomic mass is 10.1. The molecule has 1 atom stereocenters. The highest BCUT2D eigenvalue weighted by Gasteiger charge is 2.23. The average molecular weight is 429 g/mol. The summed E-state index contributed by atoms with van der Waals surface area (Å²) < 4.78 is 33.6. The highest BCUT2D eigenvalue weighted by molar-refractivity contribution is 7.14. The van der Waals surface area contributed by atoms with Gasteiger partial charge in [-0.05, 0) is 17.7 Å². The van der Waals surface area contributed by atoms with E-state index in [4.69, 9.17) is 4.74 Å². The Morgan fingerprint density at radius 1 is 1.17 bits per heavy atom. The van der Waals surface area contributed by atoms with E-state index < -0.39 is 11.6 Å². The molecule has 1 unspecified atom stereocenters. The number of hydrogen-bond acceptors (Lipinski definition) is 5. The van der Waals surface area contributed by atoms with E-state index in [1.54, 1.807) is 0 Å². The molecule has 156 valence electrons. The van der Waals surface area contributed by atoms with Gasteiger partial charge >= 0.3 is 0 Å². The summed E-state index contributed by atoms with van der Waals surface area (Å²) in [6.45, 7) is 2.86. The minimum Gasteiger partial charge on any atom is -0.375 e. The zero-order valence-corrected chi connectivity index (χ0v) is 17.0. The van der Waals surface area contributed by atoms with Gasteiger partial charge in [0.1, 0.15) is 11.6 Å². The van der Waals surface area contributed by atoms with E-state index in [2.05, 4.69) is 27.3 Å². The molecule has 1 fully saturated rings. The third kappa shape index (κ3) is 5.08. The van der Waals surface area contributed by atoms with Gasteiger partial charge in [0.15, 0.2) is 5.13 Å². The van der Waals surface area contributed by atoms with Crippen LogP contribution in [0.4, 0.5) is 13.9 Å². The van der Waals surface area contributed by atoms with E-state index in [1.165, 1.54) is 29.1 Å². The number of morpholine rings is 1. The number of ether oxygens (including phenoxy) is 1. The van der Waals surface area contributed by atoms with E-state index >= 15 is 0 Å². The number of amides is 1. The van der Waals surface area contributed by atoms with Gasteiger partial charge in [0.25, 0.3) is 0 Å². The number of nitrogens with zero attached hydrogens (tertiary/aromatic N) is 2. The first-order valence-electron chi connectivity index (χ1n) is 9.66. The van der Waals surface area contributed by atoms with E-state index in [9.17, 15) is 13.6 Å². The molecule has 4 rings (SSSR count). The molecule has 1 amide bonds. The number of rotatable bonds is 6. The smallest absolute Gasteiger partial charge is 0.228 e. The zero-order valence-electron chi connectivity index (χ0n) is 16.2. The Morgan fingerprint density at radius 3 is 2.70 bits per heavy atom. The van der Waals surface area contributed by atoms with Crippen LogP contribution in [0.1, 0.15) is 12.0 Å². The van der Waals surface area contributed by atoms with Gasteiger partial charge in [-0.15, -0.1) is 11.3 Å².